The molecule has 1 unspecified atom stereocenters. The Hall–Kier alpha value is -0.590. The Kier molecular flexibility index (Phi) is 16.9. The third kappa shape index (κ3) is 15.4. The van der Waals surface area contributed by atoms with E-state index >= 15 is 0 Å². The van der Waals surface area contributed by atoms with Crippen molar-refractivity contribution in [3.05, 3.63) is 11.6 Å². The molecular formula is C18H36O. The molecule has 0 fully saturated rings. The van der Waals surface area contributed by atoms with Crippen molar-refractivity contribution in [2.45, 2.75) is 92.9 Å². The van der Waals surface area contributed by atoms with Gasteiger partial charge in [0.15, 0.2) is 0 Å². The Balaban J connectivity index is 0. The highest BCUT2D eigenvalue weighted by atomic mass is 16.1. The molecule has 19 heavy (non-hydrogen) atoms. The van der Waals surface area contributed by atoms with E-state index in [-0.39, 0.29) is 0 Å². The summed E-state index contributed by atoms with van der Waals surface area (Å²) in [6.45, 7) is 12.9. The molecule has 0 heterocycles. The van der Waals surface area contributed by atoms with Gasteiger partial charge in [-0.2, -0.15) is 0 Å². The lowest BCUT2D eigenvalue weighted by Crippen LogP contribution is -2.06. The monoisotopic (exact) mass is 268 g/mol. The molecule has 0 saturated carbocycles. The number of carbonyl (C=O) groups excluding carboxylic acids is 1. The summed E-state index contributed by atoms with van der Waals surface area (Å²) in [4.78, 5) is 11.8. The number of hydrogen-bond acceptors (Lipinski definition) is 1. The maximum absolute atomic E-state index is 11.8. The lowest BCUT2D eigenvalue weighted by atomic mass is 9.95. The van der Waals surface area contributed by atoms with Crippen LogP contribution in [0.2, 0.25) is 0 Å². The average molecular weight is 268 g/mol. The number of rotatable bonds is 9. The first kappa shape index (κ1) is 20.7. The smallest absolute Gasteiger partial charge is 0.137 e. The van der Waals surface area contributed by atoms with Crippen LogP contribution in [0.25, 0.3) is 0 Å². The van der Waals surface area contributed by atoms with Crippen LogP contribution in [0.1, 0.15) is 92.9 Å². The predicted octanol–water partition coefficient (Wildman–Crippen LogP) is 6.32. The lowest BCUT2D eigenvalue weighted by molar-refractivity contribution is -0.119. The fourth-order valence-electron chi connectivity index (χ4n) is 2.05. The van der Waals surface area contributed by atoms with Crippen molar-refractivity contribution in [3.8, 4) is 0 Å². The minimum Gasteiger partial charge on any atom is -0.299 e. The summed E-state index contributed by atoms with van der Waals surface area (Å²) in [6, 6.07) is 0. The van der Waals surface area contributed by atoms with Gasteiger partial charge in [-0.05, 0) is 25.7 Å². The first-order valence-corrected chi connectivity index (χ1v) is 8.21. The Morgan fingerprint density at radius 2 is 1.68 bits per heavy atom. The molecule has 0 spiro atoms. The molecule has 0 aliphatic rings. The normalized spacial score (nSPS) is 12.6. The molecule has 0 aromatic rings. The van der Waals surface area contributed by atoms with Gasteiger partial charge in [-0.15, -0.1) is 0 Å². The predicted molar refractivity (Wildman–Crippen MR) is 87.6 cm³/mol. The number of ketones is 1. The van der Waals surface area contributed by atoms with Crippen LogP contribution >= 0.6 is 0 Å². The van der Waals surface area contributed by atoms with Crippen molar-refractivity contribution >= 4 is 5.78 Å². The maximum Gasteiger partial charge on any atom is 0.137 e. The molecule has 1 nitrogen and oxygen atoms in total. The molecule has 0 rings (SSSR count). The van der Waals surface area contributed by atoms with Crippen molar-refractivity contribution in [3.63, 3.8) is 0 Å². The van der Waals surface area contributed by atoms with Crippen LogP contribution in [-0.2, 0) is 4.79 Å². The average Bonchev–Trinajstić information content (AvgIpc) is 2.35. The number of Topliss-reactive ketones (excluding diaryl/α,β-unsaturated/α-hetero) is 1. The van der Waals surface area contributed by atoms with Crippen molar-refractivity contribution in [2.24, 2.45) is 5.92 Å². The quantitative estimate of drug-likeness (QED) is 0.447. The number of hydrogen-bond donors (Lipinski definition) is 0. The highest BCUT2D eigenvalue weighted by Crippen LogP contribution is 2.17. The topological polar surface area (TPSA) is 17.1 Å². The molecule has 0 amide bonds. The fraction of sp³-hybridized carbons (Fsp3) is 0.833. The second-order valence-corrected chi connectivity index (χ2v) is 5.57. The summed E-state index contributed by atoms with van der Waals surface area (Å²) in [5.74, 6) is 0.979. The molecule has 0 radical (unpaired) electrons. The largest absolute Gasteiger partial charge is 0.299 e. The Morgan fingerprint density at radius 3 is 2.11 bits per heavy atom. The van der Waals surface area contributed by atoms with E-state index in [2.05, 4.69) is 40.7 Å². The SMILES string of the molecule is C/C=C(\CCCC)CC(=O)CC(C)CCC.CCC. The van der Waals surface area contributed by atoms with Gasteiger partial charge in [-0.25, -0.2) is 0 Å². The van der Waals surface area contributed by atoms with Crippen LogP contribution in [0.5, 0.6) is 0 Å². The van der Waals surface area contributed by atoms with Crippen molar-refractivity contribution in [1.29, 1.82) is 0 Å². The van der Waals surface area contributed by atoms with Crippen LogP contribution in [0.3, 0.4) is 0 Å². The zero-order valence-corrected chi connectivity index (χ0v) is 14.2. The molecule has 0 bridgehead atoms. The van der Waals surface area contributed by atoms with Gasteiger partial charge in [-0.1, -0.05) is 72.0 Å². The molecule has 1 heteroatoms. The van der Waals surface area contributed by atoms with E-state index in [4.69, 9.17) is 0 Å². The van der Waals surface area contributed by atoms with Crippen LogP contribution in [0.15, 0.2) is 11.6 Å². The Labute approximate surface area is 121 Å². The highest BCUT2D eigenvalue weighted by Gasteiger charge is 2.10. The summed E-state index contributed by atoms with van der Waals surface area (Å²) < 4.78 is 0. The van der Waals surface area contributed by atoms with Crippen LogP contribution in [0.4, 0.5) is 0 Å². The van der Waals surface area contributed by atoms with Gasteiger partial charge in [0.1, 0.15) is 5.78 Å². The van der Waals surface area contributed by atoms with Crippen LogP contribution in [-0.4, -0.2) is 5.78 Å². The van der Waals surface area contributed by atoms with Crippen molar-refractivity contribution in [1.82, 2.24) is 0 Å². The van der Waals surface area contributed by atoms with Crippen LogP contribution in [0, 0.1) is 5.92 Å². The molecule has 0 aliphatic carbocycles. The zero-order valence-electron chi connectivity index (χ0n) is 14.2. The molecule has 0 N–H and O–H groups in total. The minimum absolute atomic E-state index is 0.421. The van der Waals surface area contributed by atoms with E-state index < -0.39 is 0 Å². The molecule has 114 valence electrons. The summed E-state index contributed by atoms with van der Waals surface area (Å²) in [5.41, 5.74) is 1.33. The number of carbonyl (C=O) groups is 1. The first-order valence-electron chi connectivity index (χ1n) is 8.21. The van der Waals surface area contributed by atoms with E-state index in [1.165, 1.54) is 37.7 Å². The van der Waals surface area contributed by atoms with E-state index in [9.17, 15) is 4.79 Å². The summed E-state index contributed by atoms with van der Waals surface area (Å²) >= 11 is 0. The maximum atomic E-state index is 11.8. The van der Waals surface area contributed by atoms with Gasteiger partial charge in [0.05, 0.1) is 0 Å². The first-order chi connectivity index (χ1) is 9.05. The minimum atomic E-state index is 0.421. The van der Waals surface area contributed by atoms with Gasteiger partial charge in [-0.3, -0.25) is 4.79 Å². The van der Waals surface area contributed by atoms with Gasteiger partial charge in [0, 0.05) is 12.8 Å². The molecule has 1 atom stereocenters. The lowest BCUT2D eigenvalue weighted by Gasteiger charge is -2.10. The van der Waals surface area contributed by atoms with Crippen molar-refractivity contribution < 1.29 is 4.79 Å². The number of allylic oxidation sites excluding steroid dienone is 2. The standard InChI is InChI=1S/C15H28O.C3H8/c1-5-8-10-14(7-3)12-15(16)11-13(4)9-6-2;1-3-2/h7,13H,5-6,8-12H2,1-4H3;3H2,1-2H3/b14-7+;. The second-order valence-electron chi connectivity index (χ2n) is 5.57. The fourth-order valence-corrected chi connectivity index (χ4v) is 2.05. The third-order valence-corrected chi connectivity index (χ3v) is 3.04. The van der Waals surface area contributed by atoms with Gasteiger partial charge in [0.2, 0.25) is 0 Å². The van der Waals surface area contributed by atoms with E-state index in [1.54, 1.807) is 0 Å². The Morgan fingerprint density at radius 1 is 1.11 bits per heavy atom. The molecule has 0 aromatic heterocycles. The molecular weight excluding hydrogens is 232 g/mol. The van der Waals surface area contributed by atoms with Gasteiger partial charge in [0.25, 0.3) is 0 Å². The number of unbranched alkanes of at least 4 members (excludes halogenated alkanes) is 1. The summed E-state index contributed by atoms with van der Waals surface area (Å²) in [6.07, 6.45) is 10.7. The second kappa shape index (κ2) is 15.5. The van der Waals surface area contributed by atoms with Crippen molar-refractivity contribution in [2.75, 3.05) is 0 Å². The molecule has 0 aliphatic heterocycles. The van der Waals surface area contributed by atoms with E-state index in [0.717, 1.165) is 12.8 Å². The molecule has 0 saturated heterocycles. The zero-order chi connectivity index (χ0) is 15.1. The van der Waals surface area contributed by atoms with Gasteiger partial charge >= 0.3 is 0 Å². The molecule has 0 aromatic carbocycles. The Bertz CT molecular complexity index is 228. The van der Waals surface area contributed by atoms with Crippen LogP contribution < -0.4 is 0 Å². The summed E-state index contributed by atoms with van der Waals surface area (Å²) in [7, 11) is 0. The summed E-state index contributed by atoms with van der Waals surface area (Å²) in [5, 5.41) is 0. The van der Waals surface area contributed by atoms with Gasteiger partial charge < -0.3 is 0 Å². The highest BCUT2D eigenvalue weighted by molar-refractivity contribution is 5.80. The van der Waals surface area contributed by atoms with E-state index in [1.807, 2.05) is 6.92 Å². The third-order valence-electron chi connectivity index (χ3n) is 3.04. The van der Waals surface area contributed by atoms with E-state index in [0.29, 0.717) is 18.1 Å².